The molecule has 0 N–H and O–H groups in total. The number of hydrogen-bond donors (Lipinski definition) is 0. The molecule has 0 saturated heterocycles. The summed E-state index contributed by atoms with van der Waals surface area (Å²) in [4.78, 5) is 24.1. The molecule has 0 fully saturated rings. The number of benzene rings is 1. The maximum Gasteiger partial charge on any atom is 0.577 e. The zero-order valence-corrected chi connectivity index (χ0v) is 13.7. The second-order valence-electron chi connectivity index (χ2n) is 4.85. The molecular weight excluding hydrogens is 329 g/mol. The number of sulfone groups is 1. The van der Waals surface area contributed by atoms with Crippen molar-refractivity contribution in [3.8, 4) is 5.75 Å². The van der Waals surface area contributed by atoms with Crippen LogP contribution in [0, 0.1) is 5.92 Å². The lowest BCUT2D eigenvalue weighted by atomic mass is 9.90. The van der Waals surface area contributed by atoms with E-state index in [9.17, 15) is 26.6 Å². The van der Waals surface area contributed by atoms with Gasteiger partial charge in [0.15, 0.2) is 15.6 Å². The Hall–Kier alpha value is -1.77. The van der Waals surface area contributed by atoms with Crippen molar-refractivity contribution in [2.75, 3.05) is 6.61 Å². The Kier molecular flexibility index (Phi) is 6.43. The Morgan fingerprint density at radius 1 is 1.35 bits per heavy atom. The normalized spacial score (nSPS) is 21.5. The first-order valence-corrected chi connectivity index (χ1v) is 8.35. The van der Waals surface area contributed by atoms with E-state index in [1.165, 1.54) is 26.0 Å². The summed E-state index contributed by atoms with van der Waals surface area (Å²) in [6, 6.07) is 4.47. The molecule has 0 saturated carbocycles. The second-order valence-corrected chi connectivity index (χ2v) is 7.12. The lowest BCUT2D eigenvalue weighted by molar-refractivity contribution is -0.119. The largest absolute Gasteiger partial charge is 0.577 e. The summed E-state index contributed by atoms with van der Waals surface area (Å²) < 4.78 is 49.3. The van der Waals surface area contributed by atoms with Crippen LogP contribution in [0.25, 0.3) is 0 Å². The number of hydrogen-bond acceptors (Lipinski definition) is 5. The average molecular weight is 345 g/mol. The van der Waals surface area contributed by atoms with E-state index in [0.717, 1.165) is 0 Å². The highest BCUT2D eigenvalue weighted by atomic mass is 32.2. The Balaban J connectivity index is 0.000000816. The molecular formula is C14H16BF2O5S. The number of Topliss-reactive ketones (excluding diaryl/α,β-unsaturated/α-hetero) is 2. The maximum absolute atomic E-state index is 12.5. The maximum atomic E-state index is 12.5. The first-order chi connectivity index (χ1) is 10.7. The predicted molar refractivity (Wildman–Crippen MR) is 80.7 cm³/mol. The molecule has 2 atom stereocenters. The summed E-state index contributed by atoms with van der Waals surface area (Å²) in [7, 11) is -4.71. The minimum Gasteiger partial charge on any atom is -0.493 e. The topological polar surface area (TPSA) is 77.5 Å². The van der Waals surface area contributed by atoms with Crippen molar-refractivity contribution in [1.29, 1.82) is 0 Å². The van der Waals surface area contributed by atoms with Crippen molar-refractivity contribution < 1.29 is 31.4 Å². The summed E-state index contributed by atoms with van der Waals surface area (Å²) in [6.45, 7) is 4.69. The van der Waals surface area contributed by atoms with E-state index in [0.29, 0.717) is 6.61 Å². The van der Waals surface area contributed by atoms with Crippen molar-refractivity contribution >= 4 is 29.2 Å². The molecule has 1 aliphatic heterocycles. The van der Waals surface area contributed by atoms with Crippen LogP contribution < -0.4 is 4.74 Å². The highest BCUT2D eigenvalue weighted by molar-refractivity contribution is 7.92. The number of halogens is 2. The monoisotopic (exact) mass is 345 g/mol. The van der Waals surface area contributed by atoms with Gasteiger partial charge in [0.05, 0.1) is 28.2 Å². The standard InChI is InChI=1S/C14H16O5S.BF2/c1-4-19-10-6-5-7-11-13(10)14(16)12(8(2)15)9(3)20(11,17)18;2-1-3/h5-7,9,12H,4H2,1-3H3;. The van der Waals surface area contributed by atoms with Crippen molar-refractivity contribution in [3.05, 3.63) is 23.8 Å². The van der Waals surface area contributed by atoms with Gasteiger partial charge in [-0.3, -0.25) is 18.2 Å². The lowest BCUT2D eigenvalue weighted by Crippen LogP contribution is -2.42. The second kappa shape index (κ2) is 7.67. The van der Waals surface area contributed by atoms with Crippen LogP contribution in [-0.4, -0.2) is 39.7 Å². The van der Waals surface area contributed by atoms with Gasteiger partial charge in [-0.15, -0.1) is 0 Å². The fourth-order valence-electron chi connectivity index (χ4n) is 2.53. The SMILES string of the molecule is CCOc1cccc2c1C(=O)C(C(C)=O)C(C)S2(=O)=O.F[B]F. The third kappa shape index (κ3) is 3.60. The number of carbonyl (C=O) groups excluding carboxylic acids is 2. The minimum absolute atomic E-state index is 0.00708. The van der Waals surface area contributed by atoms with E-state index < -0.39 is 40.4 Å². The van der Waals surface area contributed by atoms with E-state index >= 15 is 0 Å². The molecule has 2 unspecified atom stereocenters. The number of ketones is 2. The Morgan fingerprint density at radius 3 is 2.39 bits per heavy atom. The third-order valence-corrected chi connectivity index (χ3v) is 5.72. The zero-order valence-electron chi connectivity index (χ0n) is 12.9. The molecule has 1 radical (unpaired) electrons. The number of rotatable bonds is 3. The minimum atomic E-state index is -3.71. The van der Waals surface area contributed by atoms with Crippen LogP contribution >= 0.6 is 0 Å². The van der Waals surface area contributed by atoms with Gasteiger partial charge in [0.1, 0.15) is 11.5 Å². The molecule has 0 aromatic heterocycles. The molecule has 9 heteroatoms. The van der Waals surface area contributed by atoms with Gasteiger partial charge in [-0.2, -0.15) is 0 Å². The van der Waals surface area contributed by atoms with E-state index in [1.54, 1.807) is 13.0 Å². The van der Waals surface area contributed by atoms with Crippen molar-refractivity contribution in [2.24, 2.45) is 5.92 Å². The Labute approximate surface area is 134 Å². The molecule has 0 bridgehead atoms. The van der Waals surface area contributed by atoms with Gasteiger partial charge in [0, 0.05) is 0 Å². The Morgan fingerprint density at radius 2 is 1.91 bits per heavy atom. The predicted octanol–water partition coefficient (Wildman–Crippen LogP) is 2.11. The number of carbonyl (C=O) groups is 2. The highest BCUT2D eigenvalue weighted by Gasteiger charge is 2.46. The van der Waals surface area contributed by atoms with E-state index in [1.807, 2.05) is 0 Å². The van der Waals surface area contributed by atoms with Gasteiger partial charge in [-0.25, -0.2) is 8.42 Å². The molecule has 0 amide bonds. The first-order valence-electron chi connectivity index (χ1n) is 6.80. The number of ether oxygens (including phenoxy) is 1. The van der Waals surface area contributed by atoms with E-state index in [-0.39, 0.29) is 16.2 Å². The molecule has 1 aromatic rings. The van der Waals surface area contributed by atoms with Gasteiger partial charge in [-0.05, 0) is 32.9 Å². The van der Waals surface area contributed by atoms with Crippen LogP contribution in [0.5, 0.6) is 5.75 Å². The van der Waals surface area contributed by atoms with Crippen LogP contribution in [-0.2, 0) is 14.6 Å². The van der Waals surface area contributed by atoms with E-state index in [4.69, 9.17) is 4.74 Å². The van der Waals surface area contributed by atoms with Gasteiger partial charge < -0.3 is 4.74 Å². The molecule has 125 valence electrons. The molecule has 0 aliphatic carbocycles. The number of fused-ring (bicyclic) bond motifs is 1. The Bertz CT molecular complexity index is 705. The van der Waals surface area contributed by atoms with Gasteiger partial charge in [-0.1, -0.05) is 6.07 Å². The average Bonchev–Trinajstić information content (AvgIpc) is 2.46. The van der Waals surface area contributed by atoms with Gasteiger partial charge >= 0.3 is 7.83 Å². The van der Waals surface area contributed by atoms with Crippen LogP contribution in [0.1, 0.15) is 31.1 Å². The van der Waals surface area contributed by atoms with Crippen LogP contribution in [0.3, 0.4) is 0 Å². The summed E-state index contributed by atoms with van der Waals surface area (Å²) in [5, 5.41) is -1.04. The zero-order chi connectivity index (χ0) is 17.8. The van der Waals surface area contributed by atoms with Crippen LogP contribution in [0.2, 0.25) is 0 Å². The molecule has 1 aliphatic rings. The summed E-state index contributed by atoms with van der Waals surface area (Å²) in [5.41, 5.74) is 0.00708. The molecule has 0 spiro atoms. The van der Waals surface area contributed by atoms with Crippen molar-refractivity contribution in [2.45, 2.75) is 30.9 Å². The van der Waals surface area contributed by atoms with Crippen LogP contribution in [0.15, 0.2) is 23.1 Å². The lowest BCUT2D eigenvalue weighted by Gasteiger charge is -2.28. The van der Waals surface area contributed by atoms with E-state index in [2.05, 4.69) is 0 Å². The van der Waals surface area contributed by atoms with Crippen molar-refractivity contribution in [3.63, 3.8) is 0 Å². The molecule has 5 nitrogen and oxygen atoms in total. The fraction of sp³-hybridized carbons (Fsp3) is 0.429. The van der Waals surface area contributed by atoms with Crippen molar-refractivity contribution in [1.82, 2.24) is 0 Å². The molecule has 1 heterocycles. The van der Waals surface area contributed by atoms with Gasteiger partial charge in [0.2, 0.25) is 0 Å². The molecule has 2 rings (SSSR count). The van der Waals surface area contributed by atoms with Crippen LogP contribution in [0.4, 0.5) is 8.63 Å². The summed E-state index contributed by atoms with van der Waals surface area (Å²) in [5.74, 6) is -1.85. The molecule has 1 aromatic carbocycles. The smallest absolute Gasteiger partial charge is 0.493 e. The molecule has 23 heavy (non-hydrogen) atoms. The fourth-order valence-corrected chi connectivity index (χ4v) is 4.36. The summed E-state index contributed by atoms with van der Waals surface area (Å²) >= 11 is 0. The third-order valence-electron chi connectivity index (χ3n) is 3.52. The highest BCUT2D eigenvalue weighted by Crippen LogP contribution is 2.38. The first kappa shape index (κ1) is 19.3. The van der Waals surface area contributed by atoms with Gasteiger partial charge in [0.25, 0.3) is 0 Å². The quantitative estimate of drug-likeness (QED) is 0.619. The summed E-state index contributed by atoms with van der Waals surface area (Å²) in [6.07, 6.45) is 0.